The number of amides is 1. The largest absolute Gasteiger partial charge is 0.444 e. The molecule has 226 valence electrons. The molecule has 0 unspecified atom stereocenters. The molecule has 3 aromatic heterocycles. The maximum atomic E-state index is 14.0. The summed E-state index contributed by atoms with van der Waals surface area (Å²) in [5.74, 6) is 6.86. The van der Waals surface area contributed by atoms with Gasteiger partial charge in [-0.05, 0) is 53.0 Å². The zero-order valence-electron chi connectivity index (χ0n) is 25.6. The van der Waals surface area contributed by atoms with Gasteiger partial charge in [-0.3, -0.25) is 18.5 Å². The Morgan fingerprint density at radius 2 is 1.91 bits per heavy atom. The average Bonchev–Trinajstić information content (AvgIpc) is 3.35. The summed E-state index contributed by atoms with van der Waals surface area (Å²) in [5.41, 5.74) is 0.579. The minimum absolute atomic E-state index is 0.0785. The molecule has 1 N–H and O–H groups in total. The molecule has 1 aliphatic rings. The van der Waals surface area contributed by atoms with Crippen LogP contribution in [0.5, 0.6) is 0 Å². The third-order valence-corrected chi connectivity index (χ3v) is 7.41. The fraction of sp³-hybridized carbons (Fsp3) is 0.484. The lowest BCUT2D eigenvalue weighted by molar-refractivity contribution is 0.0499. The molecule has 1 amide bonds. The number of ether oxygens (including phenoxy) is 1. The number of carbonyl (C=O) groups is 1. The van der Waals surface area contributed by atoms with Crippen molar-refractivity contribution in [3.8, 4) is 11.8 Å². The fourth-order valence-corrected chi connectivity index (χ4v) is 5.48. The average molecular weight is 587 g/mol. The number of aromatic nitrogens is 6. The summed E-state index contributed by atoms with van der Waals surface area (Å²) in [6, 6.07) is 7.54. The minimum atomic E-state index is -0.605. The number of nitrogens with one attached hydrogen (secondary N) is 1. The van der Waals surface area contributed by atoms with Crippen molar-refractivity contribution in [1.82, 2.24) is 34.0 Å². The summed E-state index contributed by atoms with van der Waals surface area (Å²) in [7, 11) is 1.61. The molecule has 5 rings (SSSR count). The van der Waals surface area contributed by atoms with Gasteiger partial charge in [0.05, 0.1) is 24.3 Å². The molecule has 1 aromatic carbocycles. The first kappa shape index (κ1) is 29.8. The Morgan fingerprint density at radius 3 is 2.63 bits per heavy atom. The van der Waals surface area contributed by atoms with E-state index in [1.807, 2.05) is 56.9 Å². The summed E-state index contributed by atoms with van der Waals surface area (Å²) in [5, 5.41) is 3.91. The molecule has 0 radical (unpaired) electrons. The van der Waals surface area contributed by atoms with Gasteiger partial charge in [-0.15, -0.1) is 5.92 Å². The molecule has 0 aliphatic carbocycles. The van der Waals surface area contributed by atoms with Crippen LogP contribution in [0.25, 0.3) is 22.1 Å². The van der Waals surface area contributed by atoms with Crippen molar-refractivity contribution in [2.75, 3.05) is 18.0 Å². The molecule has 1 atom stereocenters. The molecule has 4 aromatic rings. The highest BCUT2D eigenvalue weighted by Gasteiger charge is 2.29. The van der Waals surface area contributed by atoms with E-state index in [1.165, 1.54) is 4.57 Å². The number of piperidine rings is 1. The Morgan fingerprint density at radius 1 is 1.14 bits per heavy atom. The van der Waals surface area contributed by atoms with E-state index in [4.69, 9.17) is 14.7 Å². The maximum Gasteiger partial charge on any atom is 0.407 e. The van der Waals surface area contributed by atoms with E-state index in [9.17, 15) is 14.4 Å². The van der Waals surface area contributed by atoms with Crippen molar-refractivity contribution in [2.45, 2.75) is 78.6 Å². The molecule has 0 bridgehead atoms. The fourth-order valence-electron chi connectivity index (χ4n) is 5.48. The van der Waals surface area contributed by atoms with Crippen molar-refractivity contribution in [3.63, 3.8) is 0 Å². The summed E-state index contributed by atoms with van der Waals surface area (Å²) in [6.45, 7) is 10.5. The highest BCUT2D eigenvalue weighted by atomic mass is 16.6. The van der Waals surface area contributed by atoms with Gasteiger partial charge in [0.2, 0.25) is 5.95 Å². The van der Waals surface area contributed by atoms with Crippen molar-refractivity contribution >= 4 is 34.1 Å². The molecule has 0 spiro atoms. The van der Waals surface area contributed by atoms with Gasteiger partial charge < -0.3 is 15.0 Å². The summed E-state index contributed by atoms with van der Waals surface area (Å²) < 4.78 is 9.76. The van der Waals surface area contributed by atoms with Crippen LogP contribution in [0.1, 0.15) is 59.0 Å². The van der Waals surface area contributed by atoms with Gasteiger partial charge in [0.1, 0.15) is 11.4 Å². The molecular formula is C31H38N8O4. The smallest absolute Gasteiger partial charge is 0.407 e. The number of aryl methyl sites for hydroxylation is 2. The highest BCUT2D eigenvalue weighted by molar-refractivity contribution is 5.81. The zero-order chi connectivity index (χ0) is 30.9. The lowest BCUT2D eigenvalue weighted by atomic mass is 10.1. The number of alkyl carbamates (subject to hydrolysis) is 1. The van der Waals surface area contributed by atoms with Gasteiger partial charge in [0.15, 0.2) is 11.2 Å². The van der Waals surface area contributed by atoms with Crippen molar-refractivity contribution in [2.24, 2.45) is 7.05 Å². The first-order valence-corrected chi connectivity index (χ1v) is 14.6. The Kier molecular flexibility index (Phi) is 8.26. The summed E-state index contributed by atoms with van der Waals surface area (Å²) in [6.07, 6.45) is 1.79. The van der Waals surface area contributed by atoms with Crippen molar-refractivity contribution in [1.29, 1.82) is 0 Å². The predicted molar refractivity (Wildman–Crippen MR) is 165 cm³/mol. The third-order valence-electron chi connectivity index (χ3n) is 7.41. The number of carbonyl (C=O) groups excluding carboxylic acids is 1. The second kappa shape index (κ2) is 11.9. The topological polar surface area (TPSA) is 129 Å². The molecule has 1 aliphatic heterocycles. The molecule has 43 heavy (non-hydrogen) atoms. The van der Waals surface area contributed by atoms with E-state index in [1.54, 1.807) is 18.5 Å². The monoisotopic (exact) mass is 586 g/mol. The van der Waals surface area contributed by atoms with Crippen LogP contribution in [0.4, 0.5) is 10.7 Å². The molecule has 1 saturated heterocycles. The van der Waals surface area contributed by atoms with Gasteiger partial charge in [-0.2, -0.15) is 4.98 Å². The van der Waals surface area contributed by atoms with E-state index in [2.05, 4.69) is 22.1 Å². The van der Waals surface area contributed by atoms with E-state index in [0.29, 0.717) is 31.3 Å². The zero-order valence-corrected chi connectivity index (χ0v) is 25.6. The number of para-hydroxylation sites is 1. The van der Waals surface area contributed by atoms with Gasteiger partial charge in [-0.25, -0.2) is 19.6 Å². The third kappa shape index (κ3) is 6.11. The van der Waals surface area contributed by atoms with E-state index < -0.39 is 22.9 Å². The van der Waals surface area contributed by atoms with E-state index in [-0.39, 0.29) is 30.3 Å². The van der Waals surface area contributed by atoms with Crippen LogP contribution in [0.15, 0.2) is 33.9 Å². The molecule has 1 fully saturated rings. The van der Waals surface area contributed by atoms with Gasteiger partial charge >= 0.3 is 11.8 Å². The van der Waals surface area contributed by atoms with Crippen LogP contribution < -0.4 is 21.5 Å². The number of rotatable bonds is 6. The maximum absolute atomic E-state index is 14.0. The highest BCUT2D eigenvalue weighted by Crippen LogP contribution is 2.24. The lowest BCUT2D eigenvalue weighted by Gasteiger charge is -2.34. The number of imidazole rings is 1. The number of fused-ring (bicyclic) bond motifs is 2. The van der Waals surface area contributed by atoms with Gasteiger partial charge in [0.25, 0.3) is 5.56 Å². The van der Waals surface area contributed by atoms with Crippen LogP contribution in [0, 0.1) is 11.8 Å². The van der Waals surface area contributed by atoms with Crippen molar-refractivity contribution < 1.29 is 9.53 Å². The minimum Gasteiger partial charge on any atom is -0.444 e. The molecule has 0 saturated carbocycles. The molecular weight excluding hydrogens is 548 g/mol. The standard InChI is InChI=1S/C31H38N8O4/c1-7-9-17-38-25-26(35-28(38)37-16-12-13-20(18-37)32-29(41)43-31(3,4)5)36(6)30(42)39(27(25)40)19-24-33-22(8-2)21-14-10-11-15-23(21)34-24/h10-11,14-15,20H,8,12-13,16-19H2,1-6H3,(H,32,41)/t20-/m1/s1. The summed E-state index contributed by atoms with van der Waals surface area (Å²) >= 11 is 0. The Bertz CT molecular complexity index is 1870. The predicted octanol–water partition coefficient (Wildman–Crippen LogP) is 2.97. The second-order valence-electron chi connectivity index (χ2n) is 11.7. The quantitative estimate of drug-likeness (QED) is 0.342. The van der Waals surface area contributed by atoms with Crippen LogP contribution in [0.3, 0.4) is 0 Å². The van der Waals surface area contributed by atoms with E-state index >= 15 is 0 Å². The number of hydrogen-bond acceptors (Lipinski definition) is 8. The van der Waals surface area contributed by atoms with Gasteiger partial charge in [-0.1, -0.05) is 31.0 Å². The Balaban J connectivity index is 1.56. The number of benzene rings is 1. The Hall–Kier alpha value is -4.66. The van der Waals surface area contributed by atoms with E-state index in [0.717, 1.165) is 34.0 Å². The second-order valence-corrected chi connectivity index (χ2v) is 11.7. The first-order valence-electron chi connectivity index (χ1n) is 14.6. The Labute approximate surface area is 249 Å². The summed E-state index contributed by atoms with van der Waals surface area (Å²) in [4.78, 5) is 56.2. The van der Waals surface area contributed by atoms with Crippen LogP contribution in [-0.2, 0) is 31.3 Å². The molecule has 12 nitrogen and oxygen atoms in total. The number of anilines is 1. The SMILES string of the molecule is CC#CCn1c(N2CCC[C@@H](NC(=O)OC(C)(C)C)C2)nc2c1c(=O)n(Cc1nc(CC)c3ccccc3n1)c(=O)n2C. The van der Waals surface area contributed by atoms with Crippen molar-refractivity contribution in [3.05, 3.63) is 56.6 Å². The van der Waals surface area contributed by atoms with Crippen LogP contribution in [0.2, 0.25) is 0 Å². The van der Waals surface area contributed by atoms with Crippen LogP contribution in [-0.4, -0.2) is 59.5 Å². The van der Waals surface area contributed by atoms with Gasteiger partial charge in [0, 0.05) is 31.6 Å². The number of hydrogen-bond donors (Lipinski definition) is 1. The normalized spacial score (nSPS) is 15.4. The number of nitrogens with zero attached hydrogens (tertiary/aromatic N) is 7. The lowest BCUT2D eigenvalue weighted by Crippen LogP contribution is -2.49. The first-order chi connectivity index (χ1) is 20.5. The van der Waals surface area contributed by atoms with Crippen LogP contribution >= 0.6 is 0 Å². The molecule has 12 heteroatoms. The molecule has 4 heterocycles.